The number of hydrogen-bond acceptors (Lipinski definition) is 8. The summed E-state index contributed by atoms with van der Waals surface area (Å²) in [6, 6.07) is 3.26. The molecule has 0 bridgehead atoms. The van der Waals surface area contributed by atoms with Crippen LogP contribution in [0.2, 0.25) is 0 Å². The van der Waals surface area contributed by atoms with E-state index in [1.807, 2.05) is 0 Å². The first-order chi connectivity index (χ1) is 17.4. The van der Waals surface area contributed by atoms with Crippen molar-refractivity contribution in [3.8, 4) is 11.5 Å². The van der Waals surface area contributed by atoms with Crippen LogP contribution in [0.3, 0.4) is 0 Å². The first-order valence-corrected chi connectivity index (χ1v) is 11.5. The van der Waals surface area contributed by atoms with E-state index in [1.165, 1.54) is 18.5 Å². The number of ether oxygens (including phenoxy) is 1. The third-order valence-electron chi connectivity index (χ3n) is 6.01. The number of rotatable bonds is 9. The van der Waals surface area contributed by atoms with Gasteiger partial charge in [-0.2, -0.15) is 5.10 Å². The molecule has 1 aliphatic rings. The normalized spacial score (nSPS) is 15.4. The van der Waals surface area contributed by atoms with Crippen molar-refractivity contribution in [1.29, 1.82) is 0 Å². The van der Waals surface area contributed by atoms with E-state index >= 15 is 0 Å². The van der Waals surface area contributed by atoms with Crippen LogP contribution in [0.4, 0.5) is 14.6 Å². The summed E-state index contributed by atoms with van der Waals surface area (Å²) in [5.41, 5.74) is -0.548. The van der Waals surface area contributed by atoms with Gasteiger partial charge in [-0.05, 0) is 24.5 Å². The molecule has 0 radical (unpaired) electrons. The fourth-order valence-electron chi connectivity index (χ4n) is 4.15. The van der Waals surface area contributed by atoms with Gasteiger partial charge in [-0.1, -0.05) is 31.7 Å². The number of amides is 1. The van der Waals surface area contributed by atoms with Gasteiger partial charge in [0.1, 0.15) is 12.1 Å². The first-order valence-electron chi connectivity index (χ1n) is 11.5. The number of carbonyl (C=O) groups is 1. The van der Waals surface area contributed by atoms with Crippen molar-refractivity contribution in [2.75, 3.05) is 11.9 Å². The number of aromatic nitrogens is 4. The lowest BCUT2D eigenvalue weighted by Crippen LogP contribution is -2.36. The molecule has 0 saturated heterocycles. The number of hydrogen-bond donors (Lipinski definition) is 3. The molecule has 3 N–H and O–H groups in total. The first kappa shape index (κ1) is 25.3. The van der Waals surface area contributed by atoms with Crippen molar-refractivity contribution in [3.05, 3.63) is 70.5 Å². The topological polar surface area (TPSA) is 139 Å². The molecule has 4 rings (SSSR count). The van der Waals surface area contributed by atoms with Gasteiger partial charge in [-0.15, -0.1) is 0 Å². The Balaban J connectivity index is 1.57. The Morgan fingerprint density at radius 3 is 2.50 bits per heavy atom. The maximum absolute atomic E-state index is 13.9. The number of para-hydroxylation sites is 1. The van der Waals surface area contributed by atoms with E-state index in [0.29, 0.717) is 6.42 Å². The summed E-state index contributed by atoms with van der Waals surface area (Å²) in [4.78, 5) is 34.1. The van der Waals surface area contributed by atoms with Gasteiger partial charge >= 0.3 is 0 Å². The zero-order chi connectivity index (χ0) is 25.7. The quantitative estimate of drug-likeness (QED) is 0.407. The van der Waals surface area contributed by atoms with E-state index in [9.17, 15) is 23.5 Å². The number of carbonyl (C=O) groups excluding carboxylic acids is 1. The van der Waals surface area contributed by atoms with Crippen molar-refractivity contribution in [3.63, 3.8) is 0 Å². The van der Waals surface area contributed by atoms with Gasteiger partial charge in [0.25, 0.3) is 11.5 Å². The minimum atomic E-state index is -1.20. The third-order valence-corrected chi connectivity index (χ3v) is 6.01. The standard InChI is InChI=1S/C24H25F2N5O5/c25-16-6-3-7-17(26)23(16)36-15-9-22(34)31(29-10-15)19(8-14-4-1-2-5-14)24(35)30-21-12-27-18(11-28-21)20(33)13-32/h3,6-7,9-12,14,19-20,32-33H,1-2,4-5,8,13H2,(H,28,30,35)/t19?,20-/m0/s1. The summed E-state index contributed by atoms with van der Waals surface area (Å²) in [7, 11) is 0. The molecule has 2 atom stereocenters. The van der Waals surface area contributed by atoms with Crippen molar-refractivity contribution in [1.82, 2.24) is 19.7 Å². The monoisotopic (exact) mass is 501 g/mol. The number of nitrogens with one attached hydrogen (secondary N) is 1. The van der Waals surface area contributed by atoms with E-state index in [0.717, 1.165) is 54.8 Å². The van der Waals surface area contributed by atoms with E-state index in [-0.39, 0.29) is 23.2 Å². The van der Waals surface area contributed by atoms with Crippen molar-refractivity contribution < 1.29 is 28.5 Å². The van der Waals surface area contributed by atoms with E-state index in [1.54, 1.807) is 0 Å². The highest BCUT2D eigenvalue weighted by Crippen LogP contribution is 2.32. The van der Waals surface area contributed by atoms with Crippen LogP contribution in [0, 0.1) is 17.6 Å². The molecule has 36 heavy (non-hydrogen) atoms. The molecular formula is C24H25F2N5O5. The minimum absolute atomic E-state index is 0.0911. The number of anilines is 1. The Kier molecular flexibility index (Phi) is 7.96. The maximum Gasteiger partial charge on any atom is 0.271 e. The van der Waals surface area contributed by atoms with Crippen LogP contribution in [0.15, 0.2) is 47.7 Å². The van der Waals surface area contributed by atoms with Gasteiger partial charge in [0.15, 0.2) is 29.0 Å². The number of halogens is 2. The molecule has 1 amide bonds. The van der Waals surface area contributed by atoms with Crippen LogP contribution in [-0.2, 0) is 4.79 Å². The lowest BCUT2D eigenvalue weighted by Gasteiger charge is -2.21. The molecule has 12 heteroatoms. The van der Waals surface area contributed by atoms with E-state index < -0.39 is 47.6 Å². The fraction of sp³-hybridized carbons (Fsp3) is 0.375. The largest absolute Gasteiger partial charge is 0.449 e. The van der Waals surface area contributed by atoms with Gasteiger partial charge in [-0.3, -0.25) is 14.6 Å². The fourth-order valence-corrected chi connectivity index (χ4v) is 4.15. The smallest absolute Gasteiger partial charge is 0.271 e. The summed E-state index contributed by atoms with van der Waals surface area (Å²) in [5.74, 6) is -2.95. The second-order valence-electron chi connectivity index (χ2n) is 8.54. The van der Waals surface area contributed by atoms with Crippen molar-refractivity contribution in [2.24, 2.45) is 5.92 Å². The van der Waals surface area contributed by atoms with Gasteiger partial charge < -0.3 is 20.3 Å². The third kappa shape index (κ3) is 5.89. The molecule has 0 aliphatic heterocycles. The van der Waals surface area contributed by atoms with Crippen LogP contribution in [0.5, 0.6) is 11.5 Å². The molecule has 2 heterocycles. The number of nitrogens with zero attached hydrogens (tertiary/aromatic N) is 4. The zero-order valence-electron chi connectivity index (χ0n) is 19.2. The van der Waals surface area contributed by atoms with Crippen molar-refractivity contribution in [2.45, 2.75) is 44.2 Å². The summed E-state index contributed by atoms with van der Waals surface area (Å²) in [6.45, 7) is -0.526. The average Bonchev–Trinajstić information content (AvgIpc) is 3.38. The maximum atomic E-state index is 13.9. The molecule has 10 nitrogen and oxygen atoms in total. The highest BCUT2D eigenvalue weighted by Gasteiger charge is 2.29. The molecule has 3 aromatic rings. The molecular weight excluding hydrogens is 476 g/mol. The Hall–Kier alpha value is -3.77. The van der Waals surface area contributed by atoms with E-state index in [2.05, 4.69) is 20.4 Å². The summed E-state index contributed by atoms with van der Waals surface area (Å²) in [5, 5.41) is 25.3. The predicted molar refractivity (Wildman–Crippen MR) is 123 cm³/mol. The van der Waals surface area contributed by atoms with Crippen LogP contribution in [0.25, 0.3) is 0 Å². The lowest BCUT2D eigenvalue weighted by molar-refractivity contribution is -0.120. The Labute approximate surface area is 204 Å². The zero-order valence-corrected chi connectivity index (χ0v) is 19.2. The van der Waals surface area contributed by atoms with Gasteiger partial charge in [0.05, 0.1) is 30.9 Å². The van der Waals surface area contributed by atoms with Crippen LogP contribution in [-0.4, -0.2) is 42.5 Å². The Morgan fingerprint density at radius 2 is 1.89 bits per heavy atom. The predicted octanol–water partition coefficient (Wildman–Crippen LogP) is 2.89. The molecule has 1 aromatic carbocycles. The molecule has 1 saturated carbocycles. The molecule has 0 spiro atoms. The summed E-state index contributed by atoms with van der Waals surface area (Å²) >= 11 is 0. The Bertz CT molecular complexity index is 1240. The molecule has 2 aromatic heterocycles. The molecule has 1 fully saturated rings. The number of benzene rings is 1. The number of aliphatic hydroxyl groups excluding tert-OH is 2. The summed E-state index contributed by atoms with van der Waals surface area (Å²) in [6.07, 6.45) is 6.63. The lowest BCUT2D eigenvalue weighted by atomic mass is 9.98. The van der Waals surface area contributed by atoms with E-state index in [4.69, 9.17) is 9.84 Å². The van der Waals surface area contributed by atoms with Crippen LogP contribution >= 0.6 is 0 Å². The number of aliphatic hydroxyl groups is 2. The van der Waals surface area contributed by atoms with Gasteiger partial charge in [0.2, 0.25) is 0 Å². The van der Waals surface area contributed by atoms with Gasteiger partial charge in [-0.25, -0.2) is 18.4 Å². The van der Waals surface area contributed by atoms with Gasteiger partial charge in [0, 0.05) is 6.07 Å². The average molecular weight is 501 g/mol. The highest BCUT2D eigenvalue weighted by atomic mass is 19.1. The molecule has 1 aliphatic carbocycles. The molecule has 190 valence electrons. The van der Waals surface area contributed by atoms with Crippen LogP contribution in [0.1, 0.15) is 49.9 Å². The second-order valence-corrected chi connectivity index (χ2v) is 8.54. The Morgan fingerprint density at radius 1 is 1.17 bits per heavy atom. The van der Waals surface area contributed by atoms with Crippen molar-refractivity contribution >= 4 is 11.7 Å². The SMILES string of the molecule is O=C(Nc1cnc([C@@H](O)CO)cn1)C(CC1CCCC1)n1ncc(Oc2c(F)cccc2F)cc1=O. The van der Waals surface area contributed by atoms with Crippen LogP contribution < -0.4 is 15.6 Å². The second kappa shape index (κ2) is 11.3. The summed E-state index contributed by atoms with van der Waals surface area (Å²) < 4.78 is 34.0. The minimum Gasteiger partial charge on any atom is -0.449 e. The molecule has 1 unspecified atom stereocenters. The highest BCUT2D eigenvalue weighted by molar-refractivity contribution is 5.92.